The Morgan fingerprint density at radius 3 is 2.60 bits per heavy atom. The largest absolute Gasteiger partial charge is 0.457 e. The number of benzene rings is 2. The molecule has 0 saturated carbocycles. The van der Waals surface area contributed by atoms with E-state index in [0.717, 1.165) is 11.1 Å². The predicted octanol–water partition coefficient (Wildman–Crippen LogP) is 5.20. The molecule has 2 rings (SSSR count). The number of halogens is 2. The number of nitro benzene ring substituents is 1. The molecule has 0 unspecified atom stereocenters. The minimum atomic E-state index is -0.459. The molecule has 0 amide bonds. The molecular weight excluding hydrogens is 346 g/mol. The highest BCUT2D eigenvalue weighted by atomic mass is 79.9. The van der Waals surface area contributed by atoms with Crippen LogP contribution in [0.3, 0.4) is 0 Å². The Bertz CT molecular complexity index is 661. The van der Waals surface area contributed by atoms with Crippen molar-refractivity contribution < 1.29 is 9.66 Å². The third-order valence-electron chi connectivity index (χ3n) is 2.76. The smallest absolute Gasteiger partial charge is 0.274 e. The van der Waals surface area contributed by atoms with E-state index in [-0.39, 0.29) is 5.69 Å². The molecule has 0 aromatic heterocycles. The van der Waals surface area contributed by atoms with Gasteiger partial charge in [0.25, 0.3) is 5.69 Å². The number of ether oxygens (including phenoxy) is 1. The lowest BCUT2D eigenvalue weighted by Gasteiger charge is -2.09. The van der Waals surface area contributed by atoms with Crippen LogP contribution in [0.2, 0.25) is 0 Å². The lowest BCUT2D eigenvalue weighted by atomic mass is 10.1. The molecule has 2 aromatic rings. The maximum Gasteiger partial charge on any atom is 0.274 e. The lowest BCUT2D eigenvalue weighted by molar-refractivity contribution is -0.385. The van der Waals surface area contributed by atoms with Crippen LogP contribution in [0.15, 0.2) is 40.9 Å². The highest BCUT2D eigenvalue weighted by Crippen LogP contribution is 2.30. The number of alkyl halides is 1. The van der Waals surface area contributed by atoms with Gasteiger partial charge in [0.05, 0.1) is 11.0 Å². The molecule has 0 aliphatic carbocycles. The van der Waals surface area contributed by atoms with Gasteiger partial charge in [0, 0.05) is 16.4 Å². The first-order valence-corrected chi connectivity index (χ1v) is 7.10. The second kappa shape index (κ2) is 6.24. The summed E-state index contributed by atoms with van der Waals surface area (Å²) in [7, 11) is 0. The summed E-state index contributed by atoms with van der Waals surface area (Å²) in [6.07, 6.45) is 0. The number of hydrogen-bond donors (Lipinski definition) is 0. The zero-order valence-electron chi connectivity index (χ0n) is 10.6. The van der Waals surface area contributed by atoms with E-state index in [4.69, 9.17) is 16.3 Å². The summed E-state index contributed by atoms with van der Waals surface area (Å²) in [6.45, 7) is 1.94. The number of nitrogens with zero attached hydrogens (tertiary/aromatic N) is 1. The van der Waals surface area contributed by atoms with Crippen LogP contribution >= 0.6 is 27.5 Å². The SMILES string of the molecule is Cc1cc(Oc2cc(Br)cc([N+](=O)[O-])c2)ccc1CCl. The molecule has 0 atom stereocenters. The molecule has 0 bridgehead atoms. The topological polar surface area (TPSA) is 52.4 Å². The molecular formula is C14H11BrClNO3. The number of nitro groups is 1. The van der Waals surface area contributed by atoms with Gasteiger partial charge in [0.2, 0.25) is 0 Å². The van der Waals surface area contributed by atoms with Crippen molar-refractivity contribution in [2.75, 3.05) is 0 Å². The zero-order valence-corrected chi connectivity index (χ0v) is 12.9. The molecule has 104 valence electrons. The molecule has 20 heavy (non-hydrogen) atoms. The first kappa shape index (κ1) is 14.8. The van der Waals surface area contributed by atoms with Crippen molar-refractivity contribution in [1.82, 2.24) is 0 Å². The summed E-state index contributed by atoms with van der Waals surface area (Å²) >= 11 is 9.03. The van der Waals surface area contributed by atoms with E-state index in [1.807, 2.05) is 19.1 Å². The van der Waals surface area contributed by atoms with E-state index in [1.165, 1.54) is 12.1 Å². The first-order chi connectivity index (χ1) is 9.49. The van der Waals surface area contributed by atoms with Crippen LogP contribution in [0.25, 0.3) is 0 Å². The molecule has 0 saturated heterocycles. The van der Waals surface area contributed by atoms with Gasteiger partial charge in [-0.25, -0.2) is 0 Å². The van der Waals surface area contributed by atoms with Gasteiger partial charge in [0.15, 0.2) is 0 Å². The fraction of sp³-hybridized carbons (Fsp3) is 0.143. The van der Waals surface area contributed by atoms with Crippen molar-refractivity contribution in [3.63, 3.8) is 0 Å². The van der Waals surface area contributed by atoms with Gasteiger partial charge in [-0.2, -0.15) is 0 Å². The quantitative estimate of drug-likeness (QED) is 0.430. The average molecular weight is 357 g/mol. The van der Waals surface area contributed by atoms with Crippen molar-refractivity contribution in [2.24, 2.45) is 0 Å². The molecule has 0 aliphatic rings. The monoisotopic (exact) mass is 355 g/mol. The van der Waals surface area contributed by atoms with Crippen molar-refractivity contribution in [2.45, 2.75) is 12.8 Å². The van der Waals surface area contributed by atoms with E-state index in [2.05, 4.69) is 15.9 Å². The van der Waals surface area contributed by atoms with Crippen molar-refractivity contribution in [1.29, 1.82) is 0 Å². The summed E-state index contributed by atoms with van der Waals surface area (Å²) in [6, 6.07) is 10.0. The molecule has 0 aliphatic heterocycles. The third kappa shape index (κ3) is 3.49. The van der Waals surface area contributed by atoms with Crippen LogP contribution in [0, 0.1) is 17.0 Å². The standard InChI is InChI=1S/C14H11BrClNO3/c1-9-4-13(3-2-10(9)8-16)20-14-6-11(15)5-12(7-14)17(18)19/h2-7H,8H2,1H3. The fourth-order valence-electron chi connectivity index (χ4n) is 1.73. The number of hydrogen-bond acceptors (Lipinski definition) is 3. The minimum Gasteiger partial charge on any atom is -0.457 e. The van der Waals surface area contributed by atoms with Gasteiger partial charge in [0.1, 0.15) is 11.5 Å². The molecule has 0 N–H and O–H groups in total. The molecule has 0 heterocycles. The Hall–Kier alpha value is -1.59. The number of aryl methyl sites for hydroxylation is 1. The van der Waals surface area contributed by atoms with Gasteiger partial charge in [-0.05, 0) is 36.2 Å². The highest BCUT2D eigenvalue weighted by Gasteiger charge is 2.10. The van der Waals surface area contributed by atoms with Gasteiger partial charge in [-0.3, -0.25) is 10.1 Å². The maximum atomic E-state index is 10.8. The summed E-state index contributed by atoms with van der Waals surface area (Å²) < 4.78 is 6.25. The van der Waals surface area contributed by atoms with E-state index >= 15 is 0 Å². The Morgan fingerprint density at radius 1 is 1.25 bits per heavy atom. The molecule has 6 heteroatoms. The van der Waals surface area contributed by atoms with Crippen molar-refractivity contribution in [3.8, 4) is 11.5 Å². The Kier molecular flexibility index (Phi) is 4.62. The minimum absolute atomic E-state index is 0.0246. The van der Waals surface area contributed by atoms with E-state index < -0.39 is 4.92 Å². The van der Waals surface area contributed by atoms with Crippen molar-refractivity contribution in [3.05, 3.63) is 62.1 Å². The van der Waals surface area contributed by atoms with Gasteiger partial charge < -0.3 is 4.74 Å². The molecule has 0 spiro atoms. The number of rotatable bonds is 4. The summed E-state index contributed by atoms with van der Waals surface area (Å²) in [5.41, 5.74) is 2.02. The van der Waals surface area contributed by atoms with E-state index in [0.29, 0.717) is 21.9 Å². The second-order valence-corrected chi connectivity index (χ2v) is 5.41. The van der Waals surface area contributed by atoms with Gasteiger partial charge >= 0.3 is 0 Å². The molecule has 4 nitrogen and oxygen atoms in total. The molecule has 0 radical (unpaired) electrons. The summed E-state index contributed by atoms with van der Waals surface area (Å²) in [5.74, 6) is 1.46. The normalized spacial score (nSPS) is 10.3. The summed E-state index contributed by atoms with van der Waals surface area (Å²) in [5, 5.41) is 10.8. The zero-order chi connectivity index (χ0) is 14.7. The van der Waals surface area contributed by atoms with E-state index in [9.17, 15) is 10.1 Å². The first-order valence-electron chi connectivity index (χ1n) is 5.78. The van der Waals surface area contributed by atoms with Crippen LogP contribution in [-0.2, 0) is 5.88 Å². The molecule has 0 fully saturated rings. The van der Waals surface area contributed by atoms with E-state index in [1.54, 1.807) is 12.1 Å². The van der Waals surface area contributed by atoms with Crippen LogP contribution in [-0.4, -0.2) is 4.92 Å². The third-order valence-corrected chi connectivity index (χ3v) is 3.51. The van der Waals surface area contributed by atoms with Gasteiger partial charge in [-0.15, -0.1) is 11.6 Å². The predicted molar refractivity (Wildman–Crippen MR) is 81.6 cm³/mol. The number of non-ortho nitro benzene ring substituents is 1. The molecule has 2 aromatic carbocycles. The van der Waals surface area contributed by atoms with Crippen LogP contribution in [0.4, 0.5) is 5.69 Å². The van der Waals surface area contributed by atoms with Crippen LogP contribution < -0.4 is 4.74 Å². The Morgan fingerprint density at radius 2 is 2.00 bits per heavy atom. The lowest BCUT2D eigenvalue weighted by Crippen LogP contribution is -1.91. The second-order valence-electron chi connectivity index (χ2n) is 4.23. The van der Waals surface area contributed by atoms with Crippen LogP contribution in [0.1, 0.15) is 11.1 Å². The van der Waals surface area contributed by atoms with Crippen molar-refractivity contribution >= 4 is 33.2 Å². The Balaban J connectivity index is 2.30. The highest BCUT2D eigenvalue weighted by molar-refractivity contribution is 9.10. The average Bonchev–Trinajstić information content (AvgIpc) is 2.38. The van der Waals surface area contributed by atoms with Crippen LogP contribution in [0.5, 0.6) is 11.5 Å². The maximum absolute atomic E-state index is 10.8. The summed E-state index contributed by atoms with van der Waals surface area (Å²) in [4.78, 5) is 10.4. The van der Waals surface area contributed by atoms with Gasteiger partial charge in [-0.1, -0.05) is 22.0 Å². The fourth-order valence-corrected chi connectivity index (χ4v) is 2.49. The Labute approximate surface area is 129 Å².